The maximum Gasteiger partial charge on any atom is 0.251 e. The first-order chi connectivity index (χ1) is 17.5. The zero-order chi connectivity index (χ0) is 25.1. The molecule has 1 aromatic carbocycles. The highest BCUT2D eigenvalue weighted by Crippen LogP contribution is 2.31. The van der Waals surface area contributed by atoms with Gasteiger partial charge in [-0.1, -0.05) is 26.0 Å². The van der Waals surface area contributed by atoms with Gasteiger partial charge in [0.25, 0.3) is 5.91 Å². The van der Waals surface area contributed by atoms with Gasteiger partial charge in [0, 0.05) is 56.3 Å². The van der Waals surface area contributed by atoms with E-state index in [-0.39, 0.29) is 17.9 Å². The van der Waals surface area contributed by atoms with E-state index >= 15 is 0 Å². The average molecular weight is 489 g/mol. The maximum atomic E-state index is 13.1. The number of ether oxygens (including phenoxy) is 1. The molecular formula is C29H36N4O3. The van der Waals surface area contributed by atoms with E-state index in [0.717, 1.165) is 50.0 Å². The number of hydrogen-bond donors (Lipinski definition) is 1. The van der Waals surface area contributed by atoms with Gasteiger partial charge in [-0.2, -0.15) is 0 Å². The van der Waals surface area contributed by atoms with Crippen molar-refractivity contribution >= 4 is 17.5 Å². The van der Waals surface area contributed by atoms with Gasteiger partial charge in [0.05, 0.1) is 6.10 Å². The summed E-state index contributed by atoms with van der Waals surface area (Å²) in [6, 6.07) is 11.9. The molecule has 2 aliphatic heterocycles. The van der Waals surface area contributed by atoms with Gasteiger partial charge in [0.2, 0.25) is 5.91 Å². The smallest absolute Gasteiger partial charge is 0.251 e. The number of nitrogens with one attached hydrogen (secondary N) is 1. The second-order valence-corrected chi connectivity index (χ2v) is 10.5. The zero-order valence-corrected chi connectivity index (χ0v) is 21.2. The quantitative estimate of drug-likeness (QED) is 0.557. The monoisotopic (exact) mass is 488 g/mol. The molecule has 2 amide bonds. The Bertz CT molecular complexity index is 1190. The van der Waals surface area contributed by atoms with Gasteiger partial charge >= 0.3 is 0 Å². The van der Waals surface area contributed by atoms with Gasteiger partial charge in [0.1, 0.15) is 5.65 Å². The van der Waals surface area contributed by atoms with Gasteiger partial charge in [0.15, 0.2) is 0 Å². The largest absolute Gasteiger partial charge is 0.378 e. The Hall–Kier alpha value is -3.19. The maximum absolute atomic E-state index is 13.1. The van der Waals surface area contributed by atoms with Crippen LogP contribution in [0.3, 0.4) is 0 Å². The molecule has 2 unspecified atom stereocenters. The first kappa shape index (κ1) is 24.5. The van der Waals surface area contributed by atoms with Crippen LogP contribution in [0.15, 0.2) is 55.0 Å². The van der Waals surface area contributed by atoms with Crippen LogP contribution >= 0.6 is 0 Å². The summed E-state index contributed by atoms with van der Waals surface area (Å²) in [7, 11) is 0. The van der Waals surface area contributed by atoms with E-state index in [2.05, 4.69) is 41.2 Å². The van der Waals surface area contributed by atoms with Crippen molar-refractivity contribution in [3.05, 3.63) is 71.7 Å². The lowest BCUT2D eigenvalue weighted by Crippen LogP contribution is -2.44. The molecule has 5 rings (SSSR count). The van der Waals surface area contributed by atoms with E-state index in [1.54, 1.807) is 6.20 Å². The lowest BCUT2D eigenvalue weighted by Gasteiger charge is -2.37. The Morgan fingerprint density at radius 1 is 1.08 bits per heavy atom. The molecule has 4 heterocycles. The summed E-state index contributed by atoms with van der Waals surface area (Å²) in [5.74, 6) is 1.19. The van der Waals surface area contributed by atoms with E-state index in [1.165, 1.54) is 5.56 Å². The molecule has 0 bridgehead atoms. The third-order valence-electron chi connectivity index (χ3n) is 7.77. The Labute approximate surface area is 212 Å². The predicted molar refractivity (Wildman–Crippen MR) is 139 cm³/mol. The van der Waals surface area contributed by atoms with Crippen molar-refractivity contribution in [2.45, 2.75) is 58.1 Å². The van der Waals surface area contributed by atoms with Crippen LogP contribution in [-0.4, -0.2) is 51.9 Å². The normalized spacial score (nSPS) is 21.1. The summed E-state index contributed by atoms with van der Waals surface area (Å²) in [6.07, 6.45) is 9.41. The fourth-order valence-electron chi connectivity index (χ4n) is 5.46. The van der Waals surface area contributed by atoms with Crippen LogP contribution < -0.4 is 5.32 Å². The van der Waals surface area contributed by atoms with Gasteiger partial charge in [-0.15, -0.1) is 0 Å². The van der Waals surface area contributed by atoms with Crippen LogP contribution in [0.25, 0.3) is 5.65 Å². The fourth-order valence-corrected chi connectivity index (χ4v) is 5.46. The molecule has 0 saturated carbocycles. The van der Waals surface area contributed by atoms with Crippen LogP contribution in [0.2, 0.25) is 0 Å². The predicted octanol–water partition coefficient (Wildman–Crippen LogP) is 4.42. The number of rotatable bonds is 6. The minimum atomic E-state index is -0.0821. The Kier molecular flexibility index (Phi) is 7.37. The van der Waals surface area contributed by atoms with Crippen molar-refractivity contribution in [2.24, 2.45) is 11.8 Å². The summed E-state index contributed by atoms with van der Waals surface area (Å²) in [5.41, 5.74) is 3.79. The minimum absolute atomic E-state index is 0.0821. The molecule has 0 aliphatic carbocycles. The number of fused-ring (bicyclic) bond motifs is 1. The molecule has 2 aromatic heterocycles. The number of carbonyl (C=O) groups is 2. The van der Waals surface area contributed by atoms with Crippen LogP contribution in [0.5, 0.6) is 0 Å². The lowest BCUT2D eigenvalue weighted by molar-refractivity contribution is -0.142. The zero-order valence-electron chi connectivity index (χ0n) is 21.2. The molecule has 0 spiro atoms. The number of hydrogen-bond acceptors (Lipinski definition) is 4. The molecule has 2 atom stereocenters. The van der Waals surface area contributed by atoms with E-state index in [4.69, 9.17) is 4.74 Å². The number of benzene rings is 1. The van der Waals surface area contributed by atoms with Crippen molar-refractivity contribution in [3.8, 4) is 0 Å². The fraction of sp³-hybridized carbons (Fsp3) is 0.483. The number of piperidine rings is 1. The summed E-state index contributed by atoms with van der Waals surface area (Å²) in [6.45, 7) is 7.09. The molecule has 3 aromatic rings. The van der Waals surface area contributed by atoms with Crippen molar-refractivity contribution in [1.29, 1.82) is 0 Å². The van der Waals surface area contributed by atoms with Gasteiger partial charge in [-0.3, -0.25) is 9.59 Å². The lowest BCUT2D eigenvalue weighted by atomic mass is 9.86. The van der Waals surface area contributed by atoms with Crippen molar-refractivity contribution in [2.75, 3.05) is 19.7 Å². The molecule has 7 heteroatoms. The van der Waals surface area contributed by atoms with Gasteiger partial charge in [-0.05, 0) is 72.9 Å². The molecule has 2 aliphatic rings. The Balaban J connectivity index is 1.11. The third kappa shape index (κ3) is 5.46. The van der Waals surface area contributed by atoms with E-state index < -0.39 is 0 Å². The molecule has 0 radical (unpaired) electrons. The number of amides is 2. The summed E-state index contributed by atoms with van der Waals surface area (Å²) >= 11 is 0. The van der Waals surface area contributed by atoms with Crippen LogP contribution in [-0.2, 0) is 16.1 Å². The first-order valence-corrected chi connectivity index (χ1v) is 13.2. The SMILES string of the molecule is CC(C)C1CC(C(=O)N2CCC(c3ccc(C(=O)NCc4ccn5ccnc5c4)cc3)CC2)CCO1. The highest BCUT2D eigenvalue weighted by atomic mass is 16.5. The number of aromatic nitrogens is 2. The highest BCUT2D eigenvalue weighted by Gasteiger charge is 2.33. The Morgan fingerprint density at radius 2 is 1.86 bits per heavy atom. The summed E-state index contributed by atoms with van der Waals surface area (Å²) < 4.78 is 7.80. The summed E-state index contributed by atoms with van der Waals surface area (Å²) in [5, 5.41) is 3.00. The number of imidazole rings is 1. The molecule has 2 fully saturated rings. The van der Waals surface area contributed by atoms with Crippen LogP contribution in [0.1, 0.15) is 66.9 Å². The van der Waals surface area contributed by atoms with Crippen LogP contribution in [0.4, 0.5) is 0 Å². The number of pyridine rings is 1. The second kappa shape index (κ2) is 10.8. The van der Waals surface area contributed by atoms with Crippen LogP contribution in [0, 0.1) is 11.8 Å². The highest BCUT2D eigenvalue weighted by molar-refractivity contribution is 5.94. The molecule has 190 valence electrons. The number of carbonyl (C=O) groups excluding carboxylic acids is 2. The first-order valence-electron chi connectivity index (χ1n) is 13.2. The van der Waals surface area contributed by atoms with Gasteiger partial charge < -0.3 is 19.4 Å². The van der Waals surface area contributed by atoms with E-state index in [0.29, 0.717) is 36.5 Å². The molecule has 2 saturated heterocycles. The van der Waals surface area contributed by atoms with Crippen molar-refractivity contribution in [1.82, 2.24) is 19.6 Å². The topological polar surface area (TPSA) is 75.9 Å². The molecule has 1 N–H and O–H groups in total. The van der Waals surface area contributed by atoms with E-state index in [9.17, 15) is 9.59 Å². The molecule has 7 nitrogen and oxygen atoms in total. The summed E-state index contributed by atoms with van der Waals surface area (Å²) in [4.78, 5) is 32.1. The van der Waals surface area contributed by atoms with Crippen molar-refractivity contribution in [3.63, 3.8) is 0 Å². The second-order valence-electron chi connectivity index (χ2n) is 10.5. The molecular weight excluding hydrogens is 452 g/mol. The standard InChI is InChI=1S/C29H36N4O3/c1-20(2)26-18-25(10-16-36-26)29(35)33-13-8-23(9-14-33)22-3-5-24(6-4-22)28(34)31-19-21-7-12-32-15-11-30-27(32)17-21/h3-7,11-12,15,17,20,23,25-26H,8-10,13-14,16,18-19H2,1-2H3,(H,31,34). The Morgan fingerprint density at radius 3 is 2.61 bits per heavy atom. The molecule has 36 heavy (non-hydrogen) atoms. The number of likely N-dealkylation sites (tertiary alicyclic amines) is 1. The minimum Gasteiger partial charge on any atom is -0.378 e. The number of nitrogens with zero attached hydrogens (tertiary/aromatic N) is 3. The van der Waals surface area contributed by atoms with Gasteiger partial charge in [-0.25, -0.2) is 4.98 Å². The van der Waals surface area contributed by atoms with Crippen molar-refractivity contribution < 1.29 is 14.3 Å². The average Bonchev–Trinajstić information content (AvgIpc) is 3.39. The third-order valence-corrected chi connectivity index (χ3v) is 7.77. The van der Waals surface area contributed by atoms with E-state index in [1.807, 2.05) is 41.1 Å².